The van der Waals surface area contributed by atoms with E-state index in [0.717, 1.165) is 5.56 Å². The van der Waals surface area contributed by atoms with Crippen LogP contribution in [-0.2, 0) is 18.4 Å². The van der Waals surface area contributed by atoms with Crippen LogP contribution < -0.4 is 10.5 Å². The summed E-state index contributed by atoms with van der Waals surface area (Å²) in [4.78, 5) is 11.9. The van der Waals surface area contributed by atoms with Gasteiger partial charge in [0.1, 0.15) is 12.4 Å². The first kappa shape index (κ1) is 12.9. The van der Waals surface area contributed by atoms with E-state index in [1.807, 2.05) is 0 Å². The molecule has 100 valence electrons. The first-order valence-electron chi connectivity index (χ1n) is 5.69. The molecule has 0 saturated carbocycles. The van der Waals surface area contributed by atoms with Crippen LogP contribution in [0.1, 0.15) is 15.9 Å². The number of hydrogen-bond acceptors (Lipinski definition) is 5. The van der Waals surface area contributed by atoms with Gasteiger partial charge < -0.3 is 15.2 Å². The fourth-order valence-electron chi connectivity index (χ4n) is 1.67. The largest absolute Gasteiger partial charge is 0.495 e. The molecule has 0 amide bonds. The minimum absolute atomic E-state index is 0.156. The number of rotatable bonds is 4. The number of para-hydroxylation sites is 1. The number of esters is 1. The molecule has 0 unspecified atom stereocenters. The van der Waals surface area contributed by atoms with E-state index >= 15 is 0 Å². The first-order valence-corrected chi connectivity index (χ1v) is 5.69. The lowest BCUT2D eigenvalue weighted by atomic mass is 10.1. The summed E-state index contributed by atoms with van der Waals surface area (Å²) in [7, 11) is 3.29. The molecule has 1 aromatic heterocycles. The van der Waals surface area contributed by atoms with Crippen molar-refractivity contribution in [1.82, 2.24) is 9.78 Å². The number of methoxy groups -OCH3 is 1. The molecule has 2 rings (SSSR count). The molecule has 0 fully saturated rings. The summed E-state index contributed by atoms with van der Waals surface area (Å²) in [5.74, 6) is -0.0314. The summed E-state index contributed by atoms with van der Waals surface area (Å²) in [5, 5.41) is 3.99. The minimum Gasteiger partial charge on any atom is -0.495 e. The Balaban J connectivity index is 2.08. The number of nitrogens with zero attached hydrogens (tertiary/aromatic N) is 2. The van der Waals surface area contributed by atoms with Gasteiger partial charge in [-0.1, -0.05) is 6.07 Å². The predicted molar refractivity (Wildman–Crippen MR) is 69.7 cm³/mol. The van der Waals surface area contributed by atoms with Gasteiger partial charge >= 0.3 is 5.97 Å². The van der Waals surface area contributed by atoms with Crippen LogP contribution in [0.15, 0.2) is 30.6 Å². The highest BCUT2D eigenvalue weighted by atomic mass is 16.5. The van der Waals surface area contributed by atoms with Gasteiger partial charge in [-0.15, -0.1) is 0 Å². The van der Waals surface area contributed by atoms with Gasteiger partial charge in [0.2, 0.25) is 0 Å². The molecule has 0 aliphatic heterocycles. The van der Waals surface area contributed by atoms with Crippen molar-refractivity contribution in [2.75, 3.05) is 12.8 Å². The molecule has 6 nitrogen and oxygen atoms in total. The van der Waals surface area contributed by atoms with Crippen LogP contribution in [0.5, 0.6) is 5.75 Å². The standard InChI is InChI=1S/C13H15N3O3/c1-16-7-9(6-15-16)8-19-13(17)10-4-3-5-11(18-2)12(10)14/h3-7H,8,14H2,1-2H3. The Bertz CT molecular complexity index is 593. The van der Waals surface area contributed by atoms with Crippen molar-refractivity contribution in [2.24, 2.45) is 7.05 Å². The number of aromatic nitrogens is 2. The maximum atomic E-state index is 11.9. The Kier molecular flexibility index (Phi) is 3.70. The van der Waals surface area contributed by atoms with Crippen molar-refractivity contribution in [3.8, 4) is 5.75 Å². The quantitative estimate of drug-likeness (QED) is 0.664. The number of carbonyl (C=O) groups excluding carboxylic acids is 1. The molecule has 0 radical (unpaired) electrons. The lowest BCUT2D eigenvalue weighted by molar-refractivity contribution is 0.0473. The lowest BCUT2D eigenvalue weighted by Crippen LogP contribution is -2.09. The van der Waals surface area contributed by atoms with Crippen molar-refractivity contribution in [1.29, 1.82) is 0 Å². The normalized spacial score (nSPS) is 10.2. The maximum Gasteiger partial charge on any atom is 0.340 e. The summed E-state index contributed by atoms with van der Waals surface area (Å²) >= 11 is 0. The van der Waals surface area contributed by atoms with Crippen molar-refractivity contribution in [2.45, 2.75) is 6.61 Å². The predicted octanol–water partition coefficient (Wildman–Crippen LogP) is 1.37. The fourth-order valence-corrected chi connectivity index (χ4v) is 1.67. The third kappa shape index (κ3) is 2.85. The molecule has 0 saturated heterocycles. The van der Waals surface area contributed by atoms with E-state index in [2.05, 4.69) is 5.10 Å². The van der Waals surface area contributed by atoms with E-state index in [9.17, 15) is 4.79 Å². The van der Waals surface area contributed by atoms with Crippen LogP contribution in [0, 0.1) is 0 Å². The Labute approximate surface area is 110 Å². The molecular weight excluding hydrogens is 246 g/mol. The van der Waals surface area contributed by atoms with E-state index in [0.29, 0.717) is 11.3 Å². The molecule has 0 spiro atoms. The summed E-state index contributed by atoms with van der Waals surface area (Å²) in [6, 6.07) is 4.98. The first-order chi connectivity index (χ1) is 9.11. The molecule has 0 bridgehead atoms. The minimum atomic E-state index is -0.486. The summed E-state index contributed by atoms with van der Waals surface area (Å²) in [6.45, 7) is 0.156. The van der Waals surface area contributed by atoms with E-state index in [-0.39, 0.29) is 12.3 Å². The Morgan fingerprint density at radius 2 is 2.26 bits per heavy atom. The summed E-state index contributed by atoms with van der Waals surface area (Å²) in [5.41, 5.74) is 7.22. The second-order valence-electron chi connectivity index (χ2n) is 4.02. The molecule has 2 aromatic rings. The Morgan fingerprint density at radius 1 is 1.47 bits per heavy atom. The average Bonchev–Trinajstić information content (AvgIpc) is 2.82. The molecule has 0 aliphatic carbocycles. The van der Waals surface area contributed by atoms with Crippen molar-refractivity contribution in [3.63, 3.8) is 0 Å². The molecule has 0 atom stereocenters. The number of anilines is 1. The Morgan fingerprint density at radius 3 is 2.89 bits per heavy atom. The van der Waals surface area contributed by atoms with Gasteiger partial charge in [0, 0.05) is 18.8 Å². The van der Waals surface area contributed by atoms with E-state index in [4.69, 9.17) is 15.2 Å². The van der Waals surface area contributed by atoms with Crippen molar-refractivity contribution in [3.05, 3.63) is 41.7 Å². The van der Waals surface area contributed by atoms with Crippen molar-refractivity contribution < 1.29 is 14.3 Å². The highest BCUT2D eigenvalue weighted by molar-refractivity contribution is 5.96. The molecule has 6 heteroatoms. The SMILES string of the molecule is COc1cccc(C(=O)OCc2cnn(C)c2)c1N. The molecule has 0 aliphatic rings. The van der Waals surface area contributed by atoms with E-state index < -0.39 is 5.97 Å². The number of ether oxygens (including phenoxy) is 2. The number of benzene rings is 1. The number of nitrogen functional groups attached to an aromatic ring is 1. The van der Waals surface area contributed by atoms with Crippen molar-refractivity contribution >= 4 is 11.7 Å². The van der Waals surface area contributed by atoms with Crippen LogP contribution in [0.25, 0.3) is 0 Å². The van der Waals surface area contributed by atoms with Gasteiger partial charge in [-0.3, -0.25) is 4.68 Å². The van der Waals surface area contributed by atoms with Gasteiger partial charge in [-0.2, -0.15) is 5.10 Å². The smallest absolute Gasteiger partial charge is 0.340 e. The number of aryl methyl sites for hydroxylation is 1. The molecule has 1 heterocycles. The average molecular weight is 261 g/mol. The van der Waals surface area contributed by atoms with Crippen LogP contribution in [0.2, 0.25) is 0 Å². The van der Waals surface area contributed by atoms with Crippen LogP contribution in [-0.4, -0.2) is 22.9 Å². The topological polar surface area (TPSA) is 79.4 Å². The zero-order valence-electron chi connectivity index (χ0n) is 10.8. The molecule has 19 heavy (non-hydrogen) atoms. The van der Waals surface area contributed by atoms with Gasteiger partial charge in [-0.05, 0) is 12.1 Å². The van der Waals surface area contributed by atoms with Gasteiger partial charge in [0.15, 0.2) is 0 Å². The van der Waals surface area contributed by atoms with Gasteiger partial charge in [0.05, 0.1) is 24.6 Å². The van der Waals surface area contributed by atoms with Gasteiger partial charge in [-0.25, -0.2) is 4.79 Å². The van der Waals surface area contributed by atoms with Crippen LogP contribution in [0.3, 0.4) is 0 Å². The van der Waals surface area contributed by atoms with Crippen LogP contribution in [0.4, 0.5) is 5.69 Å². The second-order valence-corrected chi connectivity index (χ2v) is 4.02. The zero-order chi connectivity index (χ0) is 13.8. The number of carbonyl (C=O) groups is 1. The maximum absolute atomic E-state index is 11.9. The van der Waals surface area contributed by atoms with Gasteiger partial charge in [0.25, 0.3) is 0 Å². The molecular formula is C13H15N3O3. The molecule has 1 aromatic carbocycles. The Hall–Kier alpha value is -2.50. The zero-order valence-corrected chi connectivity index (χ0v) is 10.8. The summed E-state index contributed by atoms with van der Waals surface area (Å²) < 4.78 is 11.9. The third-order valence-corrected chi connectivity index (χ3v) is 2.63. The fraction of sp³-hybridized carbons (Fsp3) is 0.231. The second kappa shape index (κ2) is 5.43. The summed E-state index contributed by atoms with van der Waals surface area (Å²) in [6.07, 6.45) is 3.42. The van der Waals surface area contributed by atoms with E-state index in [1.54, 1.807) is 42.3 Å². The number of nitrogens with two attached hydrogens (primary N) is 1. The third-order valence-electron chi connectivity index (χ3n) is 2.63. The molecule has 2 N–H and O–H groups in total. The highest BCUT2D eigenvalue weighted by Gasteiger charge is 2.14. The number of hydrogen-bond donors (Lipinski definition) is 1. The highest BCUT2D eigenvalue weighted by Crippen LogP contribution is 2.25. The lowest BCUT2D eigenvalue weighted by Gasteiger charge is -2.09. The van der Waals surface area contributed by atoms with E-state index in [1.165, 1.54) is 7.11 Å². The monoisotopic (exact) mass is 261 g/mol. The van der Waals surface area contributed by atoms with Crippen LogP contribution >= 0.6 is 0 Å².